The highest BCUT2D eigenvalue weighted by molar-refractivity contribution is 7.18. The van der Waals surface area contributed by atoms with E-state index in [1.54, 1.807) is 22.8 Å². The first-order valence-corrected chi connectivity index (χ1v) is 10.5. The maximum atomic E-state index is 13.3. The molecule has 0 radical (unpaired) electrons. The Morgan fingerprint density at radius 2 is 1.96 bits per heavy atom. The van der Waals surface area contributed by atoms with E-state index in [0.29, 0.717) is 24.4 Å². The minimum absolute atomic E-state index is 0.00427. The van der Waals surface area contributed by atoms with E-state index < -0.39 is 0 Å². The van der Waals surface area contributed by atoms with Gasteiger partial charge in [0.05, 0.1) is 5.39 Å². The van der Waals surface area contributed by atoms with E-state index in [2.05, 4.69) is 0 Å². The summed E-state index contributed by atoms with van der Waals surface area (Å²) in [4.78, 5) is 31.9. The van der Waals surface area contributed by atoms with Gasteiger partial charge in [-0.05, 0) is 55.9 Å². The molecule has 3 aromatic rings. The van der Waals surface area contributed by atoms with Gasteiger partial charge >= 0.3 is 0 Å². The number of hydrogen-bond donors (Lipinski definition) is 0. The van der Waals surface area contributed by atoms with Crippen LogP contribution in [0, 0.1) is 0 Å². The van der Waals surface area contributed by atoms with E-state index in [9.17, 15) is 9.59 Å². The van der Waals surface area contributed by atoms with Crippen molar-refractivity contribution in [2.24, 2.45) is 0 Å². The third kappa shape index (κ3) is 3.71. The fourth-order valence-electron chi connectivity index (χ4n) is 3.70. The Balaban J connectivity index is 1.84. The molecular weight excluding hydrogens is 380 g/mol. The van der Waals surface area contributed by atoms with Crippen LogP contribution in [-0.4, -0.2) is 15.3 Å². The second-order valence-electron chi connectivity index (χ2n) is 7.13. The Hall–Kier alpha value is -1.98. The van der Waals surface area contributed by atoms with Crippen molar-refractivity contribution >= 4 is 38.9 Å². The van der Waals surface area contributed by atoms with E-state index in [0.717, 1.165) is 40.9 Å². The van der Waals surface area contributed by atoms with Crippen LogP contribution in [0.2, 0.25) is 5.02 Å². The number of carbonyl (C=O) groups excluding carboxylic acids is 1. The number of halogens is 1. The first-order chi connectivity index (χ1) is 13.0. The molecule has 0 atom stereocenters. The van der Waals surface area contributed by atoms with E-state index in [1.807, 2.05) is 24.3 Å². The number of aromatic nitrogens is 2. The highest BCUT2D eigenvalue weighted by Crippen LogP contribution is 2.34. The van der Waals surface area contributed by atoms with Crippen molar-refractivity contribution in [3.8, 4) is 0 Å². The molecule has 0 bridgehead atoms. The number of nitrogens with zero attached hydrogens (tertiary/aromatic N) is 2. The van der Waals surface area contributed by atoms with Crippen molar-refractivity contribution in [3.05, 3.63) is 61.5 Å². The summed E-state index contributed by atoms with van der Waals surface area (Å²) in [5, 5.41) is 1.46. The van der Waals surface area contributed by atoms with Gasteiger partial charge in [-0.2, -0.15) is 0 Å². The number of carbonyl (C=O) groups is 1. The van der Waals surface area contributed by atoms with Crippen molar-refractivity contribution in [1.29, 1.82) is 0 Å². The highest BCUT2D eigenvalue weighted by atomic mass is 35.5. The summed E-state index contributed by atoms with van der Waals surface area (Å²) in [5.74, 6) is 0.793. The maximum Gasteiger partial charge on any atom is 0.262 e. The minimum Gasteiger partial charge on any atom is -0.300 e. The molecule has 0 aliphatic heterocycles. The molecule has 4 rings (SSSR count). The fourth-order valence-corrected chi connectivity index (χ4v) is 5.10. The summed E-state index contributed by atoms with van der Waals surface area (Å²) in [6.07, 6.45) is 5.18. The van der Waals surface area contributed by atoms with Crippen LogP contribution in [0.4, 0.5) is 0 Å². The average molecular weight is 401 g/mol. The zero-order chi connectivity index (χ0) is 19.0. The minimum atomic E-state index is 0.00427. The number of thiophene rings is 1. The third-order valence-corrected chi connectivity index (χ3v) is 6.55. The molecule has 2 heterocycles. The van der Waals surface area contributed by atoms with Crippen molar-refractivity contribution in [2.75, 3.05) is 0 Å². The van der Waals surface area contributed by atoms with Gasteiger partial charge in [-0.25, -0.2) is 4.98 Å². The Labute approximate surface area is 166 Å². The molecule has 4 nitrogen and oxygen atoms in total. The van der Waals surface area contributed by atoms with Gasteiger partial charge in [-0.1, -0.05) is 23.7 Å². The summed E-state index contributed by atoms with van der Waals surface area (Å²) in [7, 11) is 0. The number of hydrogen-bond acceptors (Lipinski definition) is 4. The fraction of sp³-hybridized carbons (Fsp3) is 0.381. The summed E-state index contributed by atoms with van der Waals surface area (Å²) in [5.41, 5.74) is 2.24. The molecular formula is C21H21ClN2O2S. The molecule has 0 N–H and O–H groups in total. The lowest BCUT2D eigenvalue weighted by Gasteiger charge is -2.13. The average Bonchev–Trinajstić information content (AvgIpc) is 3.01. The largest absolute Gasteiger partial charge is 0.300 e. The van der Waals surface area contributed by atoms with Crippen molar-refractivity contribution in [1.82, 2.24) is 9.55 Å². The first kappa shape index (κ1) is 18.4. The number of Topliss-reactive ketones (excluding diaryl/α,β-unsaturated/α-hetero) is 1. The molecule has 0 unspecified atom stereocenters. The number of fused-ring (bicyclic) bond motifs is 3. The van der Waals surface area contributed by atoms with Gasteiger partial charge in [-0.15, -0.1) is 11.3 Å². The van der Waals surface area contributed by atoms with Crippen LogP contribution in [0.1, 0.15) is 48.0 Å². The van der Waals surface area contributed by atoms with Crippen LogP contribution in [-0.2, 0) is 30.6 Å². The SMILES string of the molecule is CC(=O)CCn1c(Cc2ccc(Cl)cc2)nc2sc3c(c2c1=O)CCCC3. The zero-order valence-corrected chi connectivity index (χ0v) is 16.8. The highest BCUT2D eigenvalue weighted by Gasteiger charge is 2.22. The van der Waals surface area contributed by atoms with Crippen LogP contribution in [0.15, 0.2) is 29.1 Å². The Morgan fingerprint density at radius 1 is 1.22 bits per heavy atom. The van der Waals surface area contributed by atoms with Crippen LogP contribution in [0.25, 0.3) is 10.2 Å². The smallest absolute Gasteiger partial charge is 0.262 e. The quantitative estimate of drug-likeness (QED) is 0.630. The lowest BCUT2D eigenvalue weighted by molar-refractivity contribution is -0.117. The standard InChI is InChI=1S/C21H21ClN2O2S/c1-13(25)10-11-24-18(12-14-6-8-15(22)9-7-14)23-20-19(21(24)26)16-4-2-3-5-17(16)27-20/h6-9H,2-5,10-12H2,1H3. The van der Waals surface area contributed by atoms with Gasteiger partial charge in [0, 0.05) is 29.3 Å². The van der Waals surface area contributed by atoms with Crippen LogP contribution < -0.4 is 5.56 Å². The zero-order valence-electron chi connectivity index (χ0n) is 15.3. The van der Waals surface area contributed by atoms with Crippen molar-refractivity contribution < 1.29 is 4.79 Å². The van der Waals surface area contributed by atoms with Crippen LogP contribution >= 0.6 is 22.9 Å². The van der Waals surface area contributed by atoms with Gasteiger partial charge in [0.1, 0.15) is 16.4 Å². The summed E-state index contributed by atoms with van der Waals surface area (Å²) in [6, 6.07) is 7.59. The molecule has 0 amide bonds. The topological polar surface area (TPSA) is 52.0 Å². The molecule has 0 saturated heterocycles. The van der Waals surface area contributed by atoms with Gasteiger partial charge in [0.25, 0.3) is 5.56 Å². The summed E-state index contributed by atoms with van der Waals surface area (Å²) in [6.45, 7) is 1.94. The van der Waals surface area contributed by atoms with Crippen molar-refractivity contribution in [3.63, 3.8) is 0 Å². The summed E-state index contributed by atoms with van der Waals surface area (Å²) < 4.78 is 1.71. The number of benzene rings is 1. The summed E-state index contributed by atoms with van der Waals surface area (Å²) >= 11 is 7.65. The third-order valence-electron chi connectivity index (χ3n) is 5.12. The molecule has 1 aromatic carbocycles. The lowest BCUT2D eigenvalue weighted by Crippen LogP contribution is -2.26. The molecule has 0 fully saturated rings. The molecule has 27 heavy (non-hydrogen) atoms. The second kappa shape index (κ2) is 7.56. The molecule has 140 valence electrons. The predicted octanol–water partition coefficient (Wildman–Crippen LogP) is 4.56. The van der Waals surface area contributed by atoms with E-state index in [1.165, 1.54) is 16.9 Å². The normalized spacial score (nSPS) is 13.7. The molecule has 1 aliphatic carbocycles. The molecule has 2 aromatic heterocycles. The van der Waals surface area contributed by atoms with Crippen LogP contribution in [0.5, 0.6) is 0 Å². The second-order valence-corrected chi connectivity index (χ2v) is 8.65. The van der Waals surface area contributed by atoms with Crippen molar-refractivity contribution in [2.45, 2.75) is 52.0 Å². The van der Waals surface area contributed by atoms with E-state index >= 15 is 0 Å². The molecule has 0 saturated carbocycles. The Bertz CT molecular complexity index is 1070. The van der Waals surface area contributed by atoms with Crippen LogP contribution in [0.3, 0.4) is 0 Å². The molecule has 6 heteroatoms. The number of aryl methyl sites for hydroxylation is 2. The maximum absolute atomic E-state index is 13.3. The monoisotopic (exact) mass is 400 g/mol. The molecule has 0 spiro atoms. The van der Waals surface area contributed by atoms with Gasteiger partial charge in [0.15, 0.2) is 0 Å². The van der Waals surface area contributed by atoms with Gasteiger partial charge in [0.2, 0.25) is 0 Å². The van der Waals surface area contributed by atoms with Gasteiger partial charge in [-0.3, -0.25) is 14.2 Å². The number of rotatable bonds is 5. The predicted molar refractivity (Wildman–Crippen MR) is 110 cm³/mol. The number of ketones is 1. The Morgan fingerprint density at radius 3 is 2.70 bits per heavy atom. The van der Waals surface area contributed by atoms with Gasteiger partial charge < -0.3 is 0 Å². The first-order valence-electron chi connectivity index (χ1n) is 9.31. The van der Waals surface area contributed by atoms with E-state index in [4.69, 9.17) is 16.6 Å². The lowest BCUT2D eigenvalue weighted by atomic mass is 9.97. The Kier molecular flexibility index (Phi) is 5.15. The molecule has 1 aliphatic rings. The van der Waals surface area contributed by atoms with E-state index in [-0.39, 0.29) is 11.3 Å².